The van der Waals surface area contributed by atoms with Crippen molar-refractivity contribution in [2.24, 2.45) is 0 Å². The first-order chi connectivity index (χ1) is 13.7. The van der Waals surface area contributed by atoms with Crippen LogP contribution in [0.1, 0.15) is 44.2 Å². The fraction of sp³-hybridized carbons (Fsp3) is 0.458. The molecule has 150 valence electrons. The van der Waals surface area contributed by atoms with Crippen molar-refractivity contribution < 1.29 is 9.53 Å². The number of hydrogen-bond acceptors (Lipinski definition) is 3. The molecule has 1 aliphatic heterocycles. The summed E-state index contributed by atoms with van der Waals surface area (Å²) < 4.78 is 5.90. The average molecular weight is 381 g/mol. The summed E-state index contributed by atoms with van der Waals surface area (Å²) in [6, 6.07) is 16.6. The number of para-hydroxylation sites is 1. The lowest BCUT2D eigenvalue weighted by Crippen LogP contribution is -2.39. The van der Waals surface area contributed by atoms with E-state index in [1.165, 1.54) is 23.2 Å². The van der Waals surface area contributed by atoms with E-state index in [-0.39, 0.29) is 5.91 Å². The topological polar surface area (TPSA) is 41.6 Å². The van der Waals surface area contributed by atoms with E-state index in [0.29, 0.717) is 13.0 Å². The number of ether oxygens (including phenoxy) is 1. The molecule has 2 aromatic rings. The lowest BCUT2D eigenvalue weighted by atomic mass is 10.0. The molecule has 1 amide bonds. The van der Waals surface area contributed by atoms with E-state index in [4.69, 9.17) is 4.74 Å². The number of carbonyl (C=O) groups is 1. The first-order valence-corrected chi connectivity index (χ1v) is 10.6. The predicted molar refractivity (Wildman–Crippen MR) is 115 cm³/mol. The van der Waals surface area contributed by atoms with Crippen molar-refractivity contribution in [3.8, 4) is 5.75 Å². The lowest BCUT2D eigenvalue weighted by Gasteiger charge is -2.31. The minimum Gasteiger partial charge on any atom is -0.481 e. The standard InChI is InChI=1S/C24H32N2O2/c1-3-19-12-14-21(15-13-19)28-23(4-2)24(27)25-16-8-18-26-17-7-10-20-9-5-6-11-22(20)26/h5-6,9,11-15,23H,3-4,7-8,10,16-18H2,1-2H3,(H,25,27)/t23-/m0/s1. The molecular formula is C24H32N2O2. The van der Waals surface area contributed by atoms with Gasteiger partial charge in [-0.25, -0.2) is 0 Å². The first kappa shape index (κ1) is 20.2. The average Bonchev–Trinajstić information content (AvgIpc) is 2.75. The summed E-state index contributed by atoms with van der Waals surface area (Å²) in [6.45, 7) is 6.84. The summed E-state index contributed by atoms with van der Waals surface area (Å²) >= 11 is 0. The molecule has 1 heterocycles. The fourth-order valence-corrected chi connectivity index (χ4v) is 3.73. The third-order valence-corrected chi connectivity index (χ3v) is 5.38. The molecule has 0 radical (unpaired) electrons. The third kappa shape index (κ3) is 5.28. The Morgan fingerprint density at radius 2 is 1.93 bits per heavy atom. The molecule has 1 atom stereocenters. The molecule has 0 bridgehead atoms. The van der Waals surface area contributed by atoms with Crippen LogP contribution in [0.4, 0.5) is 5.69 Å². The van der Waals surface area contributed by atoms with E-state index in [1.807, 2.05) is 19.1 Å². The molecule has 0 fully saturated rings. The highest BCUT2D eigenvalue weighted by molar-refractivity contribution is 5.81. The maximum atomic E-state index is 12.5. The van der Waals surface area contributed by atoms with Crippen LogP contribution in [0.5, 0.6) is 5.75 Å². The highest BCUT2D eigenvalue weighted by atomic mass is 16.5. The number of anilines is 1. The van der Waals surface area contributed by atoms with Crippen LogP contribution in [0.25, 0.3) is 0 Å². The first-order valence-electron chi connectivity index (χ1n) is 10.6. The second kappa shape index (κ2) is 10.2. The summed E-state index contributed by atoms with van der Waals surface area (Å²) in [6.07, 6.45) is 4.51. The number of fused-ring (bicyclic) bond motifs is 1. The highest BCUT2D eigenvalue weighted by Crippen LogP contribution is 2.26. The SMILES string of the molecule is CCc1ccc(O[C@@H](CC)C(=O)NCCCN2CCCc3ccccc32)cc1. The second-order valence-corrected chi connectivity index (χ2v) is 7.38. The predicted octanol–water partition coefficient (Wildman–Crippen LogP) is 4.37. The van der Waals surface area contributed by atoms with Gasteiger partial charge in [0.1, 0.15) is 5.75 Å². The van der Waals surface area contributed by atoms with Gasteiger partial charge in [-0.05, 0) is 61.4 Å². The number of rotatable bonds is 9. The maximum Gasteiger partial charge on any atom is 0.261 e. The van der Waals surface area contributed by atoms with E-state index < -0.39 is 6.10 Å². The molecule has 0 saturated carbocycles. The van der Waals surface area contributed by atoms with Crippen molar-refractivity contribution in [2.75, 3.05) is 24.5 Å². The molecule has 1 N–H and O–H groups in total. The van der Waals surface area contributed by atoms with Gasteiger partial charge in [0.05, 0.1) is 0 Å². The van der Waals surface area contributed by atoms with Crippen LogP contribution in [-0.4, -0.2) is 31.6 Å². The van der Waals surface area contributed by atoms with Crippen LogP contribution in [0.15, 0.2) is 48.5 Å². The highest BCUT2D eigenvalue weighted by Gasteiger charge is 2.19. The number of amides is 1. The number of benzene rings is 2. The zero-order chi connectivity index (χ0) is 19.8. The van der Waals surface area contributed by atoms with Gasteiger partial charge in [-0.1, -0.05) is 44.2 Å². The van der Waals surface area contributed by atoms with Crippen molar-refractivity contribution in [1.29, 1.82) is 0 Å². The molecular weight excluding hydrogens is 348 g/mol. The Balaban J connectivity index is 1.44. The number of carbonyl (C=O) groups excluding carboxylic acids is 1. The van der Waals surface area contributed by atoms with E-state index in [0.717, 1.165) is 38.1 Å². The molecule has 4 nitrogen and oxygen atoms in total. The number of nitrogens with one attached hydrogen (secondary N) is 1. The molecule has 0 aromatic heterocycles. The smallest absolute Gasteiger partial charge is 0.261 e. The van der Waals surface area contributed by atoms with Gasteiger partial charge in [0, 0.05) is 25.3 Å². The molecule has 0 saturated heterocycles. The Morgan fingerprint density at radius 1 is 1.14 bits per heavy atom. The minimum atomic E-state index is -0.441. The van der Waals surface area contributed by atoms with Gasteiger partial charge in [-0.2, -0.15) is 0 Å². The number of aryl methyl sites for hydroxylation is 2. The van der Waals surface area contributed by atoms with Crippen LogP contribution in [-0.2, 0) is 17.6 Å². The van der Waals surface area contributed by atoms with Crippen molar-refractivity contribution in [1.82, 2.24) is 5.32 Å². The summed E-state index contributed by atoms with van der Waals surface area (Å²) in [5, 5.41) is 3.05. The maximum absolute atomic E-state index is 12.5. The minimum absolute atomic E-state index is 0.0267. The molecule has 0 spiro atoms. The van der Waals surface area contributed by atoms with Crippen molar-refractivity contribution in [3.63, 3.8) is 0 Å². The lowest BCUT2D eigenvalue weighted by molar-refractivity contribution is -0.128. The van der Waals surface area contributed by atoms with Crippen LogP contribution in [0.2, 0.25) is 0 Å². The molecule has 1 aliphatic rings. The monoisotopic (exact) mass is 380 g/mol. The van der Waals surface area contributed by atoms with Gasteiger partial charge in [0.25, 0.3) is 5.91 Å². The number of hydrogen-bond donors (Lipinski definition) is 1. The van der Waals surface area contributed by atoms with Gasteiger partial charge in [-0.15, -0.1) is 0 Å². The van der Waals surface area contributed by atoms with Crippen LogP contribution >= 0.6 is 0 Å². The van der Waals surface area contributed by atoms with Gasteiger partial charge < -0.3 is 15.0 Å². The Morgan fingerprint density at radius 3 is 2.68 bits per heavy atom. The summed E-state index contributed by atoms with van der Waals surface area (Å²) in [5.41, 5.74) is 4.06. The zero-order valence-electron chi connectivity index (χ0n) is 17.1. The van der Waals surface area contributed by atoms with Gasteiger partial charge in [0.2, 0.25) is 0 Å². The zero-order valence-corrected chi connectivity index (χ0v) is 17.1. The van der Waals surface area contributed by atoms with Crippen molar-refractivity contribution in [2.45, 2.75) is 52.1 Å². The Labute approximate surface area is 168 Å². The third-order valence-electron chi connectivity index (χ3n) is 5.38. The Kier molecular flexibility index (Phi) is 7.35. The van der Waals surface area contributed by atoms with Gasteiger partial charge in [0.15, 0.2) is 6.10 Å². The Bertz CT molecular complexity index is 757. The largest absolute Gasteiger partial charge is 0.481 e. The van der Waals surface area contributed by atoms with Crippen molar-refractivity contribution >= 4 is 11.6 Å². The fourth-order valence-electron chi connectivity index (χ4n) is 3.73. The normalized spacial score (nSPS) is 14.3. The van der Waals surface area contributed by atoms with E-state index >= 15 is 0 Å². The van der Waals surface area contributed by atoms with Gasteiger partial charge >= 0.3 is 0 Å². The molecule has 0 unspecified atom stereocenters. The van der Waals surface area contributed by atoms with Gasteiger partial charge in [-0.3, -0.25) is 4.79 Å². The van der Waals surface area contributed by atoms with E-state index in [9.17, 15) is 4.79 Å². The second-order valence-electron chi connectivity index (χ2n) is 7.38. The van der Waals surface area contributed by atoms with Crippen LogP contribution in [0.3, 0.4) is 0 Å². The number of nitrogens with zero attached hydrogens (tertiary/aromatic N) is 1. The summed E-state index contributed by atoms with van der Waals surface area (Å²) in [5.74, 6) is 0.727. The molecule has 4 heteroatoms. The van der Waals surface area contributed by atoms with E-state index in [2.05, 4.69) is 53.5 Å². The molecule has 0 aliphatic carbocycles. The molecule has 2 aromatic carbocycles. The summed E-state index contributed by atoms with van der Waals surface area (Å²) in [7, 11) is 0. The van der Waals surface area contributed by atoms with E-state index in [1.54, 1.807) is 0 Å². The van der Waals surface area contributed by atoms with Crippen molar-refractivity contribution in [3.05, 3.63) is 59.7 Å². The quantitative estimate of drug-likeness (QED) is 0.657. The molecule has 3 rings (SSSR count). The van der Waals surface area contributed by atoms with Crippen LogP contribution < -0.4 is 15.0 Å². The summed E-state index contributed by atoms with van der Waals surface area (Å²) in [4.78, 5) is 14.9. The van der Waals surface area contributed by atoms with Crippen LogP contribution in [0, 0.1) is 0 Å². The molecule has 28 heavy (non-hydrogen) atoms. The Hall–Kier alpha value is -2.49.